The number of hydrogen-bond acceptors (Lipinski definition) is 4. The first-order chi connectivity index (χ1) is 10.4. The Balaban J connectivity index is 2.27. The summed E-state index contributed by atoms with van der Waals surface area (Å²) in [7, 11) is 0. The van der Waals surface area contributed by atoms with Gasteiger partial charge < -0.3 is 20.1 Å². The molecule has 2 amide bonds. The zero-order valence-electron chi connectivity index (χ0n) is 13.3. The Kier molecular flexibility index (Phi) is 7.22. The number of alkyl carbamates (subject to hydrolysis) is 1. The van der Waals surface area contributed by atoms with Crippen molar-refractivity contribution in [3.8, 4) is 5.75 Å². The molecule has 0 atom stereocenters. The maximum atomic E-state index is 11.4. The van der Waals surface area contributed by atoms with Crippen LogP contribution in [0.15, 0.2) is 24.3 Å². The van der Waals surface area contributed by atoms with Gasteiger partial charge in [0.05, 0.1) is 6.61 Å². The molecule has 0 spiro atoms. The lowest BCUT2D eigenvalue weighted by Crippen LogP contribution is -2.33. The number of para-hydroxylation sites is 1. The Morgan fingerprint density at radius 1 is 1.27 bits per heavy atom. The molecule has 0 aromatic heterocycles. The van der Waals surface area contributed by atoms with Crippen LogP contribution in [0.5, 0.6) is 5.75 Å². The van der Waals surface area contributed by atoms with E-state index in [1.165, 1.54) is 0 Å². The van der Waals surface area contributed by atoms with Gasteiger partial charge in [0.2, 0.25) is 6.41 Å². The summed E-state index contributed by atoms with van der Waals surface area (Å²) in [5.41, 5.74) is 0.417. The van der Waals surface area contributed by atoms with Crippen molar-refractivity contribution in [2.75, 3.05) is 13.2 Å². The Labute approximate surface area is 131 Å². The predicted octanol–water partition coefficient (Wildman–Crippen LogP) is 2.23. The van der Waals surface area contributed by atoms with Crippen LogP contribution in [0.1, 0.15) is 32.8 Å². The van der Waals surface area contributed by atoms with Gasteiger partial charge in [-0.15, -0.1) is 0 Å². The average Bonchev–Trinajstić information content (AvgIpc) is 2.44. The fourth-order valence-corrected chi connectivity index (χ4v) is 1.70. The lowest BCUT2D eigenvalue weighted by Gasteiger charge is -2.19. The van der Waals surface area contributed by atoms with Gasteiger partial charge in [0.1, 0.15) is 11.4 Å². The fraction of sp³-hybridized carbons (Fsp3) is 0.500. The molecule has 0 saturated heterocycles. The molecule has 0 aliphatic rings. The first-order valence-corrected chi connectivity index (χ1v) is 7.27. The molecule has 22 heavy (non-hydrogen) atoms. The average molecular weight is 308 g/mol. The number of carbonyl (C=O) groups is 2. The summed E-state index contributed by atoms with van der Waals surface area (Å²) in [6, 6.07) is 7.51. The Morgan fingerprint density at radius 3 is 2.68 bits per heavy atom. The summed E-state index contributed by atoms with van der Waals surface area (Å²) >= 11 is 0. The third kappa shape index (κ3) is 7.52. The summed E-state index contributed by atoms with van der Waals surface area (Å²) in [5, 5.41) is 5.28. The van der Waals surface area contributed by atoms with E-state index in [4.69, 9.17) is 9.47 Å². The van der Waals surface area contributed by atoms with E-state index in [9.17, 15) is 9.59 Å². The summed E-state index contributed by atoms with van der Waals surface area (Å²) in [6.45, 7) is 6.83. The standard InChI is InChI=1S/C16H24N2O4/c1-16(2,3)22-15(20)18-9-6-10-21-14-8-5-4-7-13(14)11-17-12-19/h4-5,7-8,12H,6,9-11H2,1-3H3,(H,17,19)(H,18,20). The van der Waals surface area contributed by atoms with E-state index >= 15 is 0 Å². The molecule has 1 aromatic rings. The third-order valence-electron chi connectivity index (χ3n) is 2.60. The van der Waals surface area contributed by atoms with Crippen LogP contribution in [-0.2, 0) is 16.1 Å². The molecule has 1 aromatic carbocycles. The topological polar surface area (TPSA) is 76.7 Å². The molecule has 0 aliphatic carbocycles. The van der Waals surface area contributed by atoms with Gasteiger partial charge in [-0.3, -0.25) is 4.79 Å². The molecule has 0 unspecified atom stereocenters. The molecule has 6 nitrogen and oxygen atoms in total. The first kappa shape index (κ1) is 17.8. The summed E-state index contributed by atoms with van der Waals surface area (Å²) in [6.07, 6.45) is 0.888. The summed E-state index contributed by atoms with van der Waals surface area (Å²) < 4.78 is 10.8. The van der Waals surface area contributed by atoms with Gasteiger partial charge in [0.25, 0.3) is 0 Å². The summed E-state index contributed by atoms with van der Waals surface area (Å²) in [4.78, 5) is 21.8. The molecule has 122 valence electrons. The highest BCUT2D eigenvalue weighted by Crippen LogP contribution is 2.17. The minimum absolute atomic E-state index is 0.426. The van der Waals surface area contributed by atoms with E-state index in [1.807, 2.05) is 45.0 Å². The van der Waals surface area contributed by atoms with Crippen molar-refractivity contribution in [1.82, 2.24) is 10.6 Å². The zero-order chi connectivity index (χ0) is 16.4. The Bertz CT molecular complexity index is 483. The second-order valence-corrected chi connectivity index (χ2v) is 5.74. The largest absolute Gasteiger partial charge is 0.493 e. The van der Waals surface area contributed by atoms with E-state index in [2.05, 4.69) is 10.6 Å². The van der Waals surface area contributed by atoms with Gasteiger partial charge in [-0.25, -0.2) is 4.79 Å². The third-order valence-corrected chi connectivity index (χ3v) is 2.60. The monoisotopic (exact) mass is 308 g/mol. The van der Waals surface area contributed by atoms with Gasteiger partial charge in [0.15, 0.2) is 0 Å². The van der Waals surface area contributed by atoms with Crippen LogP contribution < -0.4 is 15.4 Å². The van der Waals surface area contributed by atoms with Gasteiger partial charge in [-0.2, -0.15) is 0 Å². The minimum atomic E-state index is -0.495. The molecule has 0 heterocycles. The molecule has 0 fully saturated rings. The Morgan fingerprint density at radius 2 is 2.00 bits per heavy atom. The van der Waals surface area contributed by atoms with Crippen LogP contribution in [0, 0.1) is 0 Å². The van der Waals surface area contributed by atoms with Gasteiger partial charge in [-0.1, -0.05) is 18.2 Å². The second-order valence-electron chi connectivity index (χ2n) is 5.74. The van der Waals surface area contributed by atoms with Crippen molar-refractivity contribution in [2.45, 2.75) is 39.3 Å². The van der Waals surface area contributed by atoms with Gasteiger partial charge in [0, 0.05) is 18.7 Å². The number of carbonyl (C=O) groups excluding carboxylic acids is 2. The number of nitrogens with one attached hydrogen (secondary N) is 2. The maximum Gasteiger partial charge on any atom is 0.407 e. The number of ether oxygens (including phenoxy) is 2. The first-order valence-electron chi connectivity index (χ1n) is 7.27. The van der Waals surface area contributed by atoms with E-state index < -0.39 is 11.7 Å². The maximum absolute atomic E-state index is 11.4. The smallest absolute Gasteiger partial charge is 0.407 e. The molecule has 0 radical (unpaired) electrons. The molecule has 6 heteroatoms. The van der Waals surface area contributed by atoms with E-state index in [0.29, 0.717) is 32.5 Å². The van der Waals surface area contributed by atoms with Crippen LogP contribution in [0.4, 0.5) is 4.79 Å². The van der Waals surface area contributed by atoms with Crippen LogP contribution in [-0.4, -0.2) is 31.3 Å². The highest BCUT2D eigenvalue weighted by Gasteiger charge is 2.15. The highest BCUT2D eigenvalue weighted by atomic mass is 16.6. The van der Waals surface area contributed by atoms with Crippen molar-refractivity contribution in [3.63, 3.8) is 0 Å². The van der Waals surface area contributed by atoms with Gasteiger partial charge >= 0.3 is 6.09 Å². The van der Waals surface area contributed by atoms with Crippen molar-refractivity contribution < 1.29 is 19.1 Å². The number of benzene rings is 1. The zero-order valence-corrected chi connectivity index (χ0v) is 13.3. The van der Waals surface area contributed by atoms with Crippen molar-refractivity contribution in [2.24, 2.45) is 0 Å². The van der Waals surface area contributed by atoms with Crippen LogP contribution >= 0.6 is 0 Å². The lowest BCUT2D eigenvalue weighted by molar-refractivity contribution is -0.109. The normalized spacial score (nSPS) is 10.7. The van der Waals surface area contributed by atoms with Crippen LogP contribution in [0.3, 0.4) is 0 Å². The molecular weight excluding hydrogens is 284 g/mol. The Hall–Kier alpha value is -2.24. The molecule has 0 bridgehead atoms. The number of hydrogen-bond donors (Lipinski definition) is 2. The molecule has 1 rings (SSSR count). The molecule has 2 N–H and O–H groups in total. The number of amides is 2. The van der Waals surface area contributed by atoms with Crippen molar-refractivity contribution >= 4 is 12.5 Å². The summed E-state index contributed by atoms with van der Waals surface area (Å²) in [5.74, 6) is 0.731. The van der Waals surface area contributed by atoms with Crippen LogP contribution in [0.2, 0.25) is 0 Å². The number of rotatable bonds is 8. The molecule has 0 saturated carbocycles. The molecular formula is C16H24N2O4. The lowest BCUT2D eigenvalue weighted by atomic mass is 10.2. The SMILES string of the molecule is CC(C)(C)OC(=O)NCCCOc1ccccc1CNC=O. The van der Waals surface area contributed by atoms with Crippen molar-refractivity contribution in [1.29, 1.82) is 0 Å². The molecule has 0 aliphatic heterocycles. The predicted molar refractivity (Wildman–Crippen MR) is 83.7 cm³/mol. The second kappa shape index (κ2) is 8.92. The minimum Gasteiger partial charge on any atom is -0.493 e. The van der Waals surface area contributed by atoms with E-state index in [-0.39, 0.29) is 0 Å². The van der Waals surface area contributed by atoms with E-state index in [1.54, 1.807) is 0 Å². The highest BCUT2D eigenvalue weighted by molar-refractivity contribution is 5.67. The fourth-order valence-electron chi connectivity index (χ4n) is 1.70. The van der Waals surface area contributed by atoms with Crippen LogP contribution in [0.25, 0.3) is 0 Å². The van der Waals surface area contributed by atoms with Crippen molar-refractivity contribution in [3.05, 3.63) is 29.8 Å². The quantitative estimate of drug-likeness (QED) is 0.570. The van der Waals surface area contributed by atoms with E-state index in [0.717, 1.165) is 11.3 Å². The van der Waals surface area contributed by atoms with Gasteiger partial charge in [-0.05, 0) is 33.3 Å².